The third kappa shape index (κ3) is 8.67. The fourth-order valence-corrected chi connectivity index (χ4v) is 11.6. The summed E-state index contributed by atoms with van der Waals surface area (Å²) >= 11 is 3.38. The van der Waals surface area contributed by atoms with Gasteiger partial charge in [0.2, 0.25) is 11.9 Å². The minimum absolute atomic E-state index is 0.0495. The highest BCUT2D eigenvalue weighted by Gasteiger charge is 2.29. The van der Waals surface area contributed by atoms with Crippen LogP contribution < -0.4 is 21.8 Å². The average Bonchev–Trinajstić information content (AvgIpc) is 4.27. The highest BCUT2D eigenvalue weighted by atomic mass is 32.1. The van der Waals surface area contributed by atoms with Crippen LogP contribution in [-0.4, -0.2) is 55.1 Å². The van der Waals surface area contributed by atoms with Crippen molar-refractivity contribution in [2.24, 2.45) is 11.8 Å². The van der Waals surface area contributed by atoms with Crippen molar-refractivity contribution in [3.05, 3.63) is 174 Å². The van der Waals surface area contributed by atoms with E-state index in [1.54, 1.807) is 31.8 Å². The van der Waals surface area contributed by atoms with E-state index in [0.29, 0.717) is 23.7 Å². The topological polar surface area (TPSA) is 100 Å². The molecule has 0 atom stereocenters. The van der Waals surface area contributed by atoms with E-state index in [1.807, 2.05) is 60.7 Å². The smallest absolute Gasteiger partial charge is 0.268 e. The molecule has 2 N–H and O–H groups in total. The van der Waals surface area contributed by atoms with Crippen molar-refractivity contribution in [3.8, 4) is 11.4 Å². The fraction of sp³-hybridized carbons (Fsp3) is 0.308. The molecule has 0 radical (unpaired) electrons. The van der Waals surface area contributed by atoms with Crippen molar-refractivity contribution in [2.45, 2.75) is 64.7 Å². The number of fused-ring (bicyclic) bond motifs is 6. The van der Waals surface area contributed by atoms with Crippen LogP contribution in [0.3, 0.4) is 0 Å². The Bertz CT molecular complexity index is 2820. The van der Waals surface area contributed by atoms with Crippen LogP contribution in [0.15, 0.2) is 131 Å². The first-order chi connectivity index (χ1) is 31.5. The molecule has 0 spiro atoms. The van der Waals surface area contributed by atoms with Crippen molar-refractivity contribution in [1.82, 2.24) is 28.9 Å². The van der Waals surface area contributed by atoms with Crippen LogP contribution in [0.25, 0.3) is 31.8 Å². The van der Waals surface area contributed by atoms with Crippen LogP contribution in [0.4, 0.5) is 11.9 Å². The number of nitrogens with one attached hydrogen (secondary N) is 2. The number of anilines is 2. The van der Waals surface area contributed by atoms with Gasteiger partial charge in [-0.3, -0.25) is 19.4 Å². The maximum absolute atomic E-state index is 13.8. The van der Waals surface area contributed by atoms with Crippen molar-refractivity contribution >= 4 is 55.0 Å². The monoisotopic (exact) mass is 884 g/mol. The van der Waals surface area contributed by atoms with Gasteiger partial charge in [-0.25, -0.2) is 19.1 Å². The van der Waals surface area contributed by atoms with Gasteiger partial charge in [0.15, 0.2) is 0 Å². The summed E-state index contributed by atoms with van der Waals surface area (Å²) in [6.07, 6.45) is 6.82. The molecule has 0 bridgehead atoms. The van der Waals surface area contributed by atoms with Crippen LogP contribution >= 0.6 is 22.7 Å². The largest absolute Gasteiger partial charge is 0.355 e. The molecule has 6 heterocycles. The first-order valence-electron chi connectivity index (χ1n) is 22.8. The van der Waals surface area contributed by atoms with Gasteiger partial charge in [-0.1, -0.05) is 97.1 Å². The fourth-order valence-electron chi connectivity index (χ4n) is 9.13. The van der Waals surface area contributed by atoms with Crippen molar-refractivity contribution in [2.75, 3.05) is 36.8 Å². The Labute approximate surface area is 380 Å². The Hall–Kier alpha value is -5.92. The van der Waals surface area contributed by atoms with Gasteiger partial charge >= 0.3 is 0 Å². The van der Waals surface area contributed by atoms with E-state index in [2.05, 4.69) is 81.1 Å². The minimum Gasteiger partial charge on any atom is -0.355 e. The van der Waals surface area contributed by atoms with Gasteiger partial charge in [-0.05, 0) is 96.9 Å². The number of rotatable bonds is 12. The zero-order valence-corrected chi connectivity index (χ0v) is 37.6. The van der Waals surface area contributed by atoms with E-state index in [1.165, 1.54) is 57.7 Å². The molecular formula is C52H52N8O2S2. The Balaban J connectivity index is 0.000000143. The third-order valence-corrected chi connectivity index (χ3v) is 15.1. The molecule has 12 rings (SSSR count). The highest BCUT2D eigenvalue weighted by Crippen LogP contribution is 2.37. The molecule has 2 fully saturated rings. The van der Waals surface area contributed by atoms with Gasteiger partial charge in [0.1, 0.15) is 9.66 Å². The first-order valence-corrected chi connectivity index (χ1v) is 24.4. The molecule has 4 aromatic heterocycles. The molecule has 2 aliphatic carbocycles. The standard InChI is InChI=1S/2C26H26N4OS/c2*31-25-23-21-13-14-29(16-19-7-3-1-4-8-19)17-22(21)32-24(23)28-26(27-15-18-11-12-18)30(25)20-9-5-2-6-10-20/h2*1-10,18H,11-17H2,(H,27,28). The van der Waals surface area contributed by atoms with Gasteiger partial charge in [0.25, 0.3) is 11.1 Å². The normalized spacial score (nSPS) is 16.2. The van der Waals surface area contributed by atoms with Crippen molar-refractivity contribution in [1.29, 1.82) is 0 Å². The number of nitrogens with zero attached hydrogens (tertiary/aromatic N) is 6. The summed E-state index contributed by atoms with van der Waals surface area (Å²) in [5, 5.41) is 8.57. The van der Waals surface area contributed by atoms with E-state index in [0.717, 1.165) is 97.0 Å². The Kier molecular flexibility index (Phi) is 11.4. The molecule has 324 valence electrons. The molecule has 2 saturated carbocycles. The summed E-state index contributed by atoms with van der Waals surface area (Å²) in [5.74, 6) is 2.74. The van der Waals surface area contributed by atoms with Gasteiger partial charge in [-0.15, -0.1) is 22.7 Å². The van der Waals surface area contributed by atoms with E-state index in [9.17, 15) is 9.59 Å². The minimum atomic E-state index is 0.0495. The molecule has 0 amide bonds. The molecular weight excluding hydrogens is 833 g/mol. The first kappa shape index (κ1) is 40.8. The molecule has 0 unspecified atom stereocenters. The lowest BCUT2D eigenvalue weighted by Crippen LogP contribution is -2.30. The van der Waals surface area contributed by atoms with Crippen LogP contribution in [-0.2, 0) is 39.0 Å². The van der Waals surface area contributed by atoms with Gasteiger partial charge < -0.3 is 10.6 Å². The Morgan fingerprint density at radius 3 is 1.27 bits per heavy atom. The second-order valence-electron chi connectivity index (χ2n) is 17.7. The summed E-state index contributed by atoms with van der Waals surface area (Å²) in [6, 6.07) is 41.0. The number of hydrogen-bond acceptors (Lipinski definition) is 10. The summed E-state index contributed by atoms with van der Waals surface area (Å²) in [6.45, 7) is 7.29. The van der Waals surface area contributed by atoms with E-state index in [4.69, 9.17) is 9.97 Å². The van der Waals surface area contributed by atoms with Gasteiger partial charge in [0, 0.05) is 62.1 Å². The van der Waals surface area contributed by atoms with Gasteiger partial charge in [0.05, 0.1) is 22.1 Å². The second-order valence-corrected chi connectivity index (χ2v) is 19.9. The Morgan fingerprint density at radius 2 is 0.891 bits per heavy atom. The summed E-state index contributed by atoms with van der Waals surface area (Å²) < 4.78 is 3.54. The highest BCUT2D eigenvalue weighted by molar-refractivity contribution is 7.19. The van der Waals surface area contributed by atoms with E-state index < -0.39 is 0 Å². The third-order valence-electron chi connectivity index (χ3n) is 12.9. The zero-order chi connectivity index (χ0) is 43.0. The van der Waals surface area contributed by atoms with Gasteiger partial charge in [-0.2, -0.15) is 0 Å². The number of hydrogen-bond donors (Lipinski definition) is 2. The summed E-state index contributed by atoms with van der Waals surface area (Å²) in [7, 11) is 0. The zero-order valence-electron chi connectivity index (χ0n) is 35.9. The predicted octanol–water partition coefficient (Wildman–Crippen LogP) is 9.65. The lowest BCUT2D eigenvalue weighted by Gasteiger charge is -2.26. The lowest BCUT2D eigenvalue weighted by atomic mass is 10.0. The van der Waals surface area contributed by atoms with Crippen molar-refractivity contribution in [3.63, 3.8) is 0 Å². The quantitative estimate of drug-likeness (QED) is 0.125. The molecule has 64 heavy (non-hydrogen) atoms. The molecule has 10 nitrogen and oxygen atoms in total. The lowest BCUT2D eigenvalue weighted by molar-refractivity contribution is 0.249. The number of thiophene rings is 2. The molecule has 0 saturated heterocycles. The maximum Gasteiger partial charge on any atom is 0.268 e. The second kappa shape index (κ2) is 17.9. The average molecular weight is 885 g/mol. The Morgan fingerprint density at radius 1 is 0.516 bits per heavy atom. The molecule has 2 aliphatic heterocycles. The molecule has 12 heteroatoms. The summed E-state index contributed by atoms with van der Waals surface area (Å²) in [4.78, 5) is 46.8. The molecule has 4 aliphatic rings. The number of para-hydroxylation sites is 2. The SMILES string of the molecule is O=c1c2c3c(sc2nc(NCC2CC2)n1-c1ccccc1)CN(Cc1ccccc1)CC3.O=c1c2c3c(sc2nc(NCC2CC2)n1-c1ccccc1)CN(Cc1ccccc1)CC3. The van der Waals surface area contributed by atoms with Crippen LogP contribution in [0.2, 0.25) is 0 Å². The molecule has 8 aromatic rings. The van der Waals surface area contributed by atoms with Crippen LogP contribution in [0.1, 0.15) is 57.7 Å². The van der Waals surface area contributed by atoms with Crippen molar-refractivity contribution < 1.29 is 0 Å². The number of aromatic nitrogens is 4. The van der Waals surface area contributed by atoms with E-state index in [-0.39, 0.29) is 11.1 Å². The van der Waals surface area contributed by atoms with E-state index >= 15 is 0 Å². The van der Waals surface area contributed by atoms with Crippen LogP contribution in [0, 0.1) is 11.8 Å². The molecule has 4 aromatic carbocycles. The predicted molar refractivity (Wildman–Crippen MR) is 261 cm³/mol. The summed E-state index contributed by atoms with van der Waals surface area (Å²) in [5.41, 5.74) is 6.89. The van der Waals surface area contributed by atoms with Crippen LogP contribution in [0.5, 0.6) is 0 Å². The maximum atomic E-state index is 13.8. The number of benzene rings is 4.